The lowest BCUT2D eigenvalue weighted by Gasteiger charge is -2.18. The van der Waals surface area contributed by atoms with Gasteiger partial charge in [-0.1, -0.05) is 12.2 Å². The van der Waals surface area contributed by atoms with Gasteiger partial charge in [-0.25, -0.2) is 10.7 Å². The van der Waals surface area contributed by atoms with Crippen molar-refractivity contribution in [2.45, 2.75) is 38.2 Å². The summed E-state index contributed by atoms with van der Waals surface area (Å²) in [7, 11) is 0. The standard InChI is InChI=1S/C15H28N2O5/c16-21-13-12-20-11-10-19-9-8-17-15(18)22-14-6-4-2-1-3-5-7-14/h1-2,14H,3-13,16H2,(H,17,18)/b2-1-. The van der Waals surface area contributed by atoms with Crippen molar-refractivity contribution >= 4 is 6.09 Å². The Hall–Kier alpha value is -1.15. The van der Waals surface area contributed by atoms with Gasteiger partial charge in [-0.2, -0.15) is 0 Å². The summed E-state index contributed by atoms with van der Waals surface area (Å²) in [4.78, 5) is 16.0. The maximum absolute atomic E-state index is 11.7. The van der Waals surface area contributed by atoms with Crippen LogP contribution in [0.1, 0.15) is 32.1 Å². The van der Waals surface area contributed by atoms with Crippen LogP contribution in [0.3, 0.4) is 0 Å². The van der Waals surface area contributed by atoms with Crippen molar-refractivity contribution in [3.05, 3.63) is 12.2 Å². The van der Waals surface area contributed by atoms with Crippen molar-refractivity contribution in [1.82, 2.24) is 5.32 Å². The Labute approximate surface area is 132 Å². The fraction of sp³-hybridized carbons (Fsp3) is 0.800. The van der Waals surface area contributed by atoms with E-state index in [2.05, 4.69) is 22.3 Å². The van der Waals surface area contributed by atoms with Crippen LogP contribution in [0.25, 0.3) is 0 Å². The van der Waals surface area contributed by atoms with Gasteiger partial charge in [0.15, 0.2) is 0 Å². The average molecular weight is 316 g/mol. The van der Waals surface area contributed by atoms with Gasteiger partial charge in [-0.3, -0.25) is 0 Å². The van der Waals surface area contributed by atoms with Crippen LogP contribution in [0.2, 0.25) is 0 Å². The van der Waals surface area contributed by atoms with Crippen LogP contribution in [0.15, 0.2) is 12.2 Å². The molecule has 22 heavy (non-hydrogen) atoms. The van der Waals surface area contributed by atoms with Gasteiger partial charge >= 0.3 is 6.09 Å². The van der Waals surface area contributed by atoms with E-state index >= 15 is 0 Å². The van der Waals surface area contributed by atoms with Crippen molar-refractivity contribution < 1.29 is 23.8 Å². The molecule has 0 radical (unpaired) electrons. The molecule has 0 bridgehead atoms. The molecular formula is C15H28N2O5. The van der Waals surface area contributed by atoms with E-state index < -0.39 is 0 Å². The third kappa shape index (κ3) is 10.6. The van der Waals surface area contributed by atoms with Gasteiger partial charge in [0.1, 0.15) is 6.10 Å². The third-order valence-electron chi connectivity index (χ3n) is 3.23. The molecule has 0 saturated heterocycles. The molecule has 1 aliphatic rings. The van der Waals surface area contributed by atoms with E-state index in [0.29, 0.717) is 39.6 Å². The fourth-order valence-corrected chi connectivity index (χ4v) is 2.09. The number of carbonyl (C=O) groups is 1. The molecule has 7 heteroatoms. The first-order valence-electron chi connectivity index (χ1n) is 7.89. The molecule has 3 N–H and O–H groups in total. The highest BCUT2D eigenvalue weighted by molar-refractivity contribution is 5.67. The van der Waals surface area contributed by atoms with Crippen LogP contribution in [0.4, 0.5) is 4.79 Å². The highest BCUT2D eigenvalue weighted by Gasteiger charge is 2.14. The molecule has 7 nitrogen and oxygen atoms in total. The minimum Gasteiger partial charge on any atom is -0.446 e. The molecular weight excluding hydrogens is 288 g/mol. The molecule has 0 aromatic carbocycles. The normalized spacial score (nSPS) is 20.0. The van der Waals surface area contributed by atoms with E-state index in [-0.39, 0.29) is 12.2 Å². The number of nitrogens with one attached hydrogen (secondary N) is 1. The molecule has 1 unspecified atom stereocenters. The highest BCUT2D eigenvalue weighted by atomic mass is 16.6. The van der Waals surface area contributed by atoms with E-state index in [9.17, 15) is 4.79 Å². The number of alkyl carbamates (subject to hydrolysis) is 1. The quantitative estimate of drug-likeness (QED) is 0.361. The zero-order chi connectivity index (χ0) is 15.9. The topological polar surface area (TPSA) is 92.0 Å². The van der Waals surface area contributed by atoms with Crippen LogP contribution in [-0.2, 0) is 19.0 Å². The molecule has 0 aromatic heterocycles. The van der Waals surface area contributed by atoms with E-state index in [1.807, 2.05) is 0 Å². The first-order valence-corrected chi connectivity index (χ1v) is 7.89. The van der Waals surface area contributed by atoms with Crippen molar-refractivity contribution in [3.8, 4) is 0 Å². The second-order valence-electron chi connectivity index (χ2n) is 5.03. The molecule has 0 aliphatic heterocycles. The molecule has 128 valence electrons. The maximum Gasteiger partial charge on any atom is 0.407 e. The Bertz CT molecular complexity index is 312. The fourth-order valence-electron chi connectivity index (χ4n) is 2.09. The van der Waals surface area contributed by atoms with Gasteiger partial charge in [-0.15, -0.1) is 0 Å². The summed E-state index contributed by atoms with van der Waals surface area (Å²) < 4.78 is 15.9. The van der Waals surface area contributed by atoms with Crippen molar-refractivity contribution in [3.63, 3.8) is 0 Å². The number of hydrogen-bond acceptors (Lipinski definition) is 6. The summed E-state index contributed by atoms with van der Waals surface area (Å²) in [6.07, 6.45) is 8.92. The number of amides is 1. The lowest BCUT2D eigenvalue weighted by atomic mass is 10.0. The monoisotopic (exact) mass is 316 g/mol. The zero-order valence-electron chi connectivity index (χ0n) is 13.1. The van der Waals surface area contributed by atoms with Crippen molar-refractivity contribution in [2.75, 3.05) is 39.6 Å². The second-order valence-corrected chi connectivity index (χ2v) is 5.03. The second kappa shape index (κ2) is 13.5. The van der Waals surface area contributed by atoms with Crippen LogP contribution in [-0.4, -0.2) is 51.8 Å². The number of hydrogen-bond donors (Lipinski definition) is 2. The third-order valence-corrected chi connectivity index (χ3v) is 3.23. The molecule has 1 aliphatic carbocycles. The molecule has 0 fully saturated rings. The van der Waals surface area contributed by atoms with Crippen LogP contribution < -0.4 is 11.2 Å². The van der Waals surface area contributed by atoms with E-state index in [1.54, 1.807) is 0 Å². The number of allylic oxidation sites excluding steroid dienone is 2. The number of carbonyl (C=O) groups excluding carboxylic acids is 1. The smallest absolute Gasteiger partial charge is 0.407 e. The van der Waals surface area contributed by atoms with E-state index in [4.69, 9.17) is 20.1 Å². The van der Waals surface area contributed by atoms with Crippen LogP contribution in [0, 0.1) is 0 Å². The lowest BCUT2D eigenvalue weighted by molar-refractivity contribution is 0.0144. The van der Waals surface area contributed by atoms with Crippen LogP contribution in [0.5, 0.6) is 0 Å². The SMILES string of the molecule is NOCCOCCOCCNC(=O)OC1CC/C=C\CCC1. The van der Waals surface area contributed by atoms with Crippen LogP contribution >= 0.6 is 0 Å². The Morgan fingerprint density at radius 3 is 2.59 bits per heavy atom. The molecule has 0 spiro atoms. The van der Waals surface area contributed by atoms with Gasteiger partial charge in [0.2, 0.25) is 0 Å². The minimum absolute atomic E-state index is 0.0176. The Kier molecular flexibility index (Phi) is 11.6. The molecule has 0 heterocycles. The molecule has 0 aromatic rings. The largest absolute Gasteiger partial charge is 0.446 e. The highest BCUT2D eigenvalue weighted by Crippen LogP contribution is 2.15. The first-order chi connectivity index (χ1) is 10.8. The summed E-state index contributed by atoms with van der Waals surface area (Å²) in [6.45, 7) is 2.61. The summed E-state index contributed by atoms with van der Waals surface area (Å²) in [5.41, 5.74) is 0. The number of ether oxygens (including phenoxy) is 3. The van der Waals surface area contributed by atoms with Gasteiger partial charge in [0.05, 0.1) is 33.0 Å². The molecule has 1 amide bonds. The summed E-state index contributed by atoms with van der Waals surface area (Å²) >= 11 is 0. The van der Waals surface area contributed by atoms with Crippen molar-refractivity contribution in [2.24, 2.45) is 5.90 Å². The van der Waals surface area contributed by atoms with Gasteiger partial charge in [-0.05, 0) is 32.1 Å². The van der Waals surface area contributed by atoms with Gasteiger partial charge in [0, 0.05) is 6.54 Å². The number of nitrogens with two attached hydrogens (primary N) is 1. The lowest BCUT2D eigenvalue weighted by Crippen LogP contribution is -2.31. The van der Waals surface area contributed by atoms with Gasteiger partial charge < -0.3 is 24.4 Å². The maximum atomic E-state index is 11.7. The van der Waals surface area contributed by atoms with E-state index in [1.165, 1.54) is 0 Å². The summed E-state index contributed by atoms with van der Waals surface area (Å²) in [6, 6.07) is 0. The summed E-state index contributed by atoms with van der Waals surface area (Å²) in [5.74, 6) is 4.85. The Morgan fingerprint density at radius 2 is 1.77 bits per heavy atom. The van der Waals surface area contributed by atoms with Gasteiger partial charge in [0.25, 0.3) is 0 Å². The first kappa shape index (κ1) is 18.9. The number of rotatable bonds is 10. The zero-order valence-corrected chi connectivity index (χ0v) is 13.1. The summed E-state index contributed by atoms with van der Waals surface area (Å²) in [5, 5.41) is 2.70. The van der Waals surface area contributed by atoms with Crippen molar-refractivity contribution in [1.29, 1.82) is 0 Å². The minimum atomic E-state index is -0.366. The molecule has 0 saturated carbocycles. The Morgan fingerprint density at radius 1 is 1.05 bits per heavy atom. The predicted octanol–water partition coefficient (Wildman–Crippen LogP) is 1.52. The van der Waals surface area contributed by atoms with E-state index in [0.717, 1.165) is 32.1 Å². The average Bonchev–Trinajstić information content (AvgIpc) is 2.48. The predicted molar refractivity (Wildman–Crippen MR) is 82.3 cm³/mol. The molecule has 1 rings (SSSR count). The molecule has 1 atom stereocenters. The Balaban J connectivity index is 1.93.